The molecule has 78 valence electrons. The van der Waals surface area contributed by atoms with Crippen LogP contribution in [0.3, 0.4) is 0 Å². The summed E-state index contributed by atoms with van der Waals surface area (Å²) in [6.45, 7) is 6.97. The number of amides is 2. The standard InChI is InChI=1S/C9H14N2O3/c1-3-5-7-9(13,6-4-2)11(14)8(12)10-7/h3-4,7,13-14H,1-2,5-6H2,(H,10,12). The molecule has 2 atom stereocenters. The highest BCUT2D eigenvalue weighted by molar-refractivity contribution is 5.77. The molecule has 0 aliphatic carbocycles. The van der Waals surface area contributed by atoms with Crippen molar-refractivity contribution < 1.29 is 15.1 Å². The zero-order valence-electron chi connectivity index (χ0n) is 7.81. The van der Waals surface area contributed by atoms with Gasteiger partial charge in [0.1, 0.15) is 0 Å². The van der Waals surface area contributed by atoms with E-state index in [0.717, 1.165) is 0 Å². The minimum atomic E-state index is -1.62. The Morgan fingerprint density at radius 1 is 1.57 bits per heavy atom. The zero-order valence-corrected chi connectivity index (χ0v) is 7.81. The van der Waals surface area contributed by atoms with Gasteiger partial charge in [0.15, 0.2) is 5.72 Å². The van der Waals surface area contributed by atoms with E-state index in [-0.39, 0.29) is 6.42 Å². The largest absolute Gasteiger partial charge is 0.367 e. The molecule has 1 aliphatic heterocycles. The quantitative estimate of drug-likeness (QED) is 0.457. The lowest BCUT2D eigenvalue weighted by Crippen LogP contribution is -2.49. The normalized spacial score (nSPS) is 31.4. The average Bonchev–Trinajstić information content (AvgIpc) is 2.33. The van der Waals surface area contributed by atoms with E-state index in [9.17, 15) is 15.1 Å². The molecule has 0 spiro atoms. The van der Waals surface area contributed by atoms with Gasteiger partial charge >= 0.3 is 6.03 Å². The molecule has 0 bridgehead atoms. The van der Waals surface area contributed by atoms with Gasteiger partial charge in [0.2, 0.25) is 0 Å². The third-order valence-electron chi connectivity index (χ3n) is 2.26. The highest BCUT2D eigenvalue weighted by Crippen LogP contribution is 2.27. The van der Waals surface area contributed by atoms with Crippen molar-refractivity contribution >= 4 is 6.03 Å². The van der Waals surface area contributed by atoms with Crippen molar-refractivity contribution in [1.82, 2.24) is 10.4 Å². The average molecular weight is 198 g/mol. The van der Waals surface area contributed by atoms with Crippen LogP contribution in [0.2, 0.25) is 0 Å². The highest BCUT2D eigenvalue weighted by Gasteiger charge is 2.50. The summed E-state index contributed by atoms with van der Waals surface area (Å²) in [6.07, 6.45) is 3.49. The molecule has 0 radical (unpaired) electrons. The summed E-state index contributed by atoms with van der Waals surface area (Å²) in [6, 6.07) is -1.27. The molecule has 0 saturated carbocycles. The van der Waals surface area contributed by atoms with Gasteiger partial charge in [-0.05, 0) is 6.42 Å². The number of rotatable bonds is 4. The number of nitrogens with zero attached hydrogens (tertiary/aromatic N) is 1. The Balaban J connectivity index is 2.89. The van der Waals surface area contributed by atoms with Crippen molar-refractivity contribution in [2.24, 2.45) is 0 Å². The number of hydroxylamine groups is 2. The van der Waals surface area contributed by atoms with E-state index in [2.05, 4.69) is 18.5 Å². The molecule has 2 amide bonds. The number of carbonyl (C=O) groups is 1. The maximum absolute atomic E-state index is 11.1. The van der Waals surface area contributed by atoms with Gasteiger partial charge in [-0.15, -0.1) is 13.2 Å². The predicted octanol–water partition coefficient (Wildman–Crippen LogP) is 0.610. The second kappa shape index (κ2) is 3.81. The minimum Gasteiger partial charge on any atom is -0.367 e. The summed E-state index contributed by atoms with van der Waals surface area (Å²) in [5, 5.41) is 22.1. The predicted molar refractivity (Wildman–Crippen MR) is 50.5 cm³/mol. The summed E-state index contributed by atoms with van der Waals surface area (Å²) >= 11 is 0. The fraction of sp³-hybridized carbons (Fsp3) is 0.444. The highest BCUT2D eigenvalue weighted by atomic mass is 16.6. The molecule has 1 fully saturated rings. The summed E-state index contributed by atoms with van der Waals surface area (Å²) in [5.41, 5.74) is -1.62. The number of hydrogen-bond donors (Lipinski definition) is 3. The zero-order chi connectivity index (χ0) is 10.8. The Labute approximate surface area is 82.3 Å². The molecule has 0 aromatic carbocycles. The molecule has 0 aromatic heterocycles. The van der Waals surface area contributed by atoms with Gasteiger partial charge < -0.3 is 10.4 Å². The first-order valence-electron chi connectivity index (χ1n) is 4.30. The molecule has 0 aromatic rings. The summed E-state index contributed by atoms with van der Waals surface area (Å²) < 4.78 is 0. The number of nitrogens with one attached hydrogen (secondary N) is 1. The third-order valence-corrected chi connectivity index (χ3v) is 2.26. The summed E-state index contributed by atoms with van der Waals surface area (Å²) in [5.74, 6) is 0. The van der Waals surface area contributed by atoms with Crippen LogP contribution in [0, 0.1) is 0 Å². The molecule has 5 heteroatoms. The van der Waals surface area contributed by atoms with Crippen LogP contribution in [0.1, 0.15) is 12.8 Å². The van der Waals surface area contributed by atoms with E-state index in [1.54, 1.807) is 6.08 Å². The first kappa shape index (κ1) is 10.7. The van der Waals surface area contributed by atoms with Gasteiger partial charge in [-0.25, -0.2) is 4.79 Å². The SMILES string of the molecule is C=CCC1NC(=O)N(O)C1(O)CC=C. The first-order chi connectivity index (χ1) is 6.56. The second-order valence-corrected chi connectivity index (χ2v) is 3.21. The van der Waals surface area contributed by atoms with Crippen molar-refractivity contribution in [2.45, 2.75) is 24.6 Å². The van der Waals surface area contributed by atoms with E-state index in [4.69, 9.17) is 0 Å². The lowest BCUT2D eigenvalue weighted by Gasteiger charge is -2.30. The second-order valence-electron chi connectivity index (χ2n) is 3.21. The van der Waals surface area contributed by atoms with Crippen LogP contribution in [0.4, 0.5) is 4.79 Å². The monoisotopic (exact) mass is 198 g/mol. The van der Waals surface area contributed by atoms with Crippen molar-refractivity contribution in [3.63, 3.8) is 0 Å². The van der Waals surface area contributed by atoms with Crippen LogP contribution in [0.15, 0.2) is 25.3 Å². The fourth-order valence-corrected chi connectivity index (χ4v) is 1.50. The van der Waals surface area contributed by atoms with Crippen molar-refractivity contribution in [2.75, 3.05) is 0 Å². The maximum atomic E-state index is 11.1. The third kappa shape index (κ3) is 1.51. The Hall–Kier alpha value is -1.33. The molecule has 5 nitrogen and oxygen atoms in total. The van der Waals surface area contributed by atoms with E-state index >= 15 is 0 Å². The van der Waals surface area contributed by atoms with Crippen LogP contribution < -0.4 is 5.32 Å². The van der Waals surface area contributed by atoms with Gasteiger partial charge in [0, 0.05) is 6.42 Å². The smallest absolute Gasteiger partial charge is 0.344 e. The van der Waals surface area contributed by atoms with Gasteiger partial charge in [-0.3, -0.25) is 5.21 Å². The van der Waals surface area contributed by atoms with E-state index < -0.39 is 17.8 Å². The van der Waals surface area contributed by atoms with Crippen LogP contribution in [-0.2, 0) is 0 Å². The number of carbonyl (C=O) groups excluding carboxylic acids is 1. The van der Waals surface area contributed by atoms with Crippen LogP contribution >= 0.6 is 0 Å². The summed E-state index contributed by atoms with van der Waals surface area (Å²) in [4.78, 5) is 11.1. The Morgan fingerprint density at radius 2 is 2.21 bits per heavy atom. The van der Waals surface area contributed by atoms with Crippen LogP contribution in [0.25, 0.3) is 0 Å². The molecular weight excluding hydrogens is 184 g/mol. The lowest BCUT2D eigenvalue weighted by atomic mass is 9.99. The molecular formula is C9H14N2O3. The lowest BCUT2D eigenvalue weighted by molar-refractivity contribution is -0.212. The van der Waals surface area contributed by atoms with Gasteiger partial charge in [0.05, 0.1) is 6.04 Å². The van der Waals surface area contributed by atoms with E-state index in [1.807, 2.05) is 0 Å². The van der Waals surface area contributed by atoms with Crippen LogP contribution in [-0.4, -0.2) is 33.2 Å². The minimum absolute atomic E-state index is 0.0980. The van der Waals surface area contributed by atoms with Crippen molar-refractivity contribution in [3.05, 3.63) is 25.3 Å². The van der Waals surface area contributed by atoms with Crippen molar-refractivity contribution in [3.8, 4) is 0 Å². The van der Waals surface area contributed by atoms with Gasteiger partial charge in [-0.2, -0.15) is 5.06 Å². The summed E-state index contributed by atoms with van der Waals surface area (Å²) in [7, 11) is 0. The fourth-order valence-electron chi connectivity index (χ4n) is 1.50. The van der Waals surface area contributed by atoms with Gasteiger partial charge in [-0.1, -0.05) is 12.2 Å². The number of urea groups is 1. The Kier molecular flexibility index (Phi) is 2.93. The number of aliphatic hydroxyl groups is 1. The van der Waals surface area contributed by atoms with E-state index in [0.29, 0.717) is 11.5 Å². The van der Waals surface area contributed by atoms with E-state index in [1.165, 1.54) is 6.08 Å². The maximum Gasteiger partial charge on any atom is 0.344 e. The van der Waals surface area contributed by atoms with Crippen molar-refractivity contribution in [1.29, 1.82) is 0 Å². The molecule has 1 heterocycles. The molecule has 1 aliphatic rings. The Morgan fingerprint density at radius 3 is 2.71 bits per heavy atom. The molecule has 1 saturated heterocycles. The molecule has 3 N–H and O–H groups in total. The first-order valence-corrected chi connectivity index (χ1v) is 4.30. The topological polar surface area (TPSA) is 72.8 Å². The molecule has 1 rings (SSSR count). The number of hydrogen-bond acceptors (Lipinski definition) is 3. The van der Waals surface area contributed by atoms with Crippen LogP contribution in [0.5, 0.6) is 0 Å². The Bertz CT molecular complexity index is 267. The molecule has 2 unspecified atom stereocenters. The molecule has 14 heavy (non-hydrogen) atoms. The van der Waals surface area contributed by atoms with Gasteiger partial charge in [0.25, 0.3) is 0 Å².